The Hall–Kier alpha value is -2.03. The van der Waals surface area contributed by atoms with Gasteiger partial charge in [-0.05, 0) is 20.3 Å². The largest absolute Gasteiger partial charge is 0.466 e. The molecule has 0 fully saturated rings. The van der Waals surface area contributed by atoms with Crippen molar-refractivity contribution in [3.63, 3.8) is 0 Å². The number of ether oxygens (including phenoxy) is 1. The topological polar surface area (TPSA) is 91.2 Å². The average Bonchev–Trinajstić information content (AvgIpc) is 2.38. The highest BCUT2D eigenvalue weighted by molar-refractivity contribution is 5.97. The van der Waals surface area contributed by atoms with Gasteiger partial charge >= 0.3 is 5.97 Å². The lowest BCUT2D eigenvalue weighted by Crippen LogP contribution is -2.33. The van der Waals surface area contributed by atoms with Crippen LogP contribution in [0, 0.1) is 11.3 Å². The molecule has 19 heavy (non-hydrogen) atoms. The van der Waals surface area contributed by atoms with Crippen LogP contribution in [-0.4, -0.2) is 31.1 Å². The fourth-order valence-electron chi connectivity index (χ4n) is 1.13. The molecular weight excluding hydrogens is 246 g/mol. The van der Waals surface area contributed by atoms with Crippen molar-refractivity contribution in [2.45, 2.75) is 39.7 Å². The van der Waals surface area contributed by atoms with E-state index in [2.05, 4.69) is 10.6 Å². The van der Waals surface area contributed by atoms with E-state index in [0.717, 1.165) is 6.42 Å². The Morgan fingerprint density at radius 2 is 2.11 bits per heavy atom. The lowest BCUT2D eigenvalue weighted by Gasteiger charge is -2.10. The first-order valence-corrected chi connectivity index (χ1v) is 6.35. The van der Waals surface area contributed by atoms with Crippen LogP contribution in [0.15, 0.2) is 11.8 Å². The SMILES string of the molecule is CCOC(=O)CCN/C=C(/C#N)C(=O)NC(C)CC. The Kier molecular flexibility index (Phi) is 8.88. The number of hydrogen-bond donors (Lipinski definition) is 2. The highest BCUT2D eigenvalue weighted by Gasteiger charge is 2.10. The van der Waals surface area contributed by atoms with Gasteiger partial charge in [0.25, 0.3) is 5.91 Å². The molecule has 0 aromatic rings. The quantitative estimate of drug-likeness (QED) is 0.294. The summed E-state index contributed by atoms with van der Waals surface area (Å²) in [5.74, 6) is -0.730. The summed E-state index contributed by atoms with van der Waals surface area (Å²) in [6.45, 7) is 6.20. The van der Waals surface area contributed by atoms with Gasteiger partial charge in [0.1, 0.15) is 11.6 Å². The van der Waals surface area contributed by atoms with Gasteiger partial charge in [0.05, 0.1) is 13.0 Å². The molecule has 0 aliphatic carbocycles. The standard InChI is InChI=1S/C13H21N3O3/c1-4-10(3)16-13(18)11(8-14)9-15-7-6-12(17)19-5-2/h9-10,15H,4-7H2,1-3H3,(H,16,18)/b11-9-. The zero-order valence-electron chi connectivity index (χ0n) is 11.7. The summed E-state index contributed by atoms with van der Waals surface area (Å²) < 4.78 is 4.75. The van der Waals surface area contributed by atoms with Gasteiger partial charge in [0, 0.05) is 18.8 Å². The Balaban J connectivity index is 4.16. The van der Waals surface area contributed by atoms with E-state index >= 15 is 0 Å². The average molecular weight is 267 g/mol. The van der Waals surface area contributed by atoms with Crippen molar-refractivity contribution >= 4 is 11.9 Å². The summed E-state index contributed by atoms with van der Waals surface area (Å²) >= 11 is 0. The first kappa shape index (κ1) is 17.0. The Bertz CT molecular complexity index is 372. The second-order valence-electron chi connectivity index (χ2n) is 3.96. The number of carbonyl (C=O) groups excluding carboxylic acids is 2. The van der Waals surface area contributed by atoms with E-state index in [9.17, 15) is 9.59 Å². The van der Waals surface area contributed by atoms with Crippen molar-refractivity contribution in [3.8, 4) is 6.07 Å². The number of nitrogens with zero attached hydrogens (tertiary/aromatic N) is 1. The molecule has 0 radical (unpaired) electrons. The van der Waals surface area contributed by atoms with E-state index in [1.165, 1.54) is 6.20 Å². The van der Waals surface area contributed by atoms with E-state index in [-0.39, 0.29) is 24.0 Å². The summed E-state index contributed by atoms with van der Waals surface area (Å²) in [6, 6.07) is 1.83. The number of nitrogens with one attached hydrogen (secondary N) is 2. The highest BCUT2D eigenvalue weighted by atomic mass is 16.5. The van der Waals surface area contributed by atoms with E-state index in [4.69, 9.17) is 10.00 Å². The van der Waals surface area contributed by atoms with Crippen molar-refractivity contribution in [1.29, 1.82) is 5.26 Å². The molecule has 0 aliphatic heterocycles. The molecule has 106 valence electrons. The van der Waals surface area contributed by atoms with Crippen LogP contribution in [-0.2, 0) is 14.3 Å². The van der Waals surface area contributed by atoms with Gasteiger partial charge < -0.3 is 15.4 Å². The second kappa shape index (κ2) is 9.95. The van der Waals surface area contributed by atoms with Crippen molar-refractivity contribution in [3.05, 3.63) is 11.8 Å². The van der Waals surface area contributed by atoms with Gasteiger partial charge in [-0.15, -0.1) is 0 Å². The first-order valence-electron chi connectivity index (χ1n) is 6.35. The van der Waals surface area contributed by atoms with Gasteiger partial charge in [0.2, 0.25) is 0 Å². The van der Waals surface area contributed by atoms with Gasteiger partial charge in [0.15, 0.2) is 0 Å². The van der Waals surface area contributed by atoms with E-state index in [1.807, 2.05) is 19.9 Å². The Morgan fingerprint density at radius 1 is 1.42 bits per heavy atom. The molecule has 6 nitrogen and oxygen atoms in total. The third kappa shape index (κ3) is 7.82. The molecule has 0 aromatic heterocycles. The maximum atomic E-state index is 11.6. The monoisotopic (exact) mass is 267 g/mol. The first-order chi connectivity index (χ1) is 9.04. The summed E-state index contributed by atoms with van der Waals surface area (Å²) in [5, 5.41) is 14.3. The molecule has 0 spiro atoms. The molecular formula is C13H21N3O3. The van der Waals surface area contributed by atoms with Crippen molar-refractivity contribution in [2.75, 3.05) is 13.2 Å². The van der Waals surface area contributed by atoms with E-state index in [0.29, 0.717) is 13.2 Å². The minimum atomic E-state index is -0.416. The normalized spacial score (nSPS) is 12.2. The van der Waals surface area contributed by atoms with Crippen molar-refractivity contribution < 1.29 is 14.3 Å². The van der Waals surface area contributed by atoms with Gasteiger partial charge in [-0.2, -0.15) is 5.26 Å². The molecule has 0 bridgehead atoms. The third-order valence-electron chi connectivity index (χ3n) is 2.38. The lowest BCUT2D eigenvalue weighted by atomic mass is 10.2. The molecule has 0 heterocycles. The van der Waals surface area contributed by atoms with Gasteiger partial charge in [-0.1, -0.05) is 6.92 Å². The lowest BCUT2D eigenvalue weighted by molar-refractivity contribution is -0.142. The van der Waals surface area contributed by atoms with Crippen molar-refractivity contribution in [2.24, 2.45) is 0 Å². The van der Waals surface area contributed by atoms with Crippen LogP contribution in [0.2, 0.25) is 0 Å². The van der Waals surface area contributed by atoms with Crippen LogP contribution in [0.4, 0.5) is 0 Å². The molecule has 1 atom stereocenters. The number of hydrogen-bond acceptors (Lipinski definition) is 5. The van der Waals surface area contributed by atoms with Crippen LogP contribution in [0.1, 0.15) is 33.6 Å². The Labute approximate surface area is 113 Å². The molecule has 0 saturated carbocycles. The second-order valence-corrected chi connectivity index (χ2v) is 3.96. The van der Waals surface area contributed by atoms with E-state index in [1.54, 1.807) is 6.92 Å². The number of nitriles is 1. The third-order valence-corrected chi connectivity index (χ3v) is 2.38. The maximum Gasteiger partial charge on any atom is 0.307 e. The van der Waals surface area contributed by atoms with Gasteiger partial charge in [-0.3, -0.25) is 9.59 Å². The minimum absolute atomic E-state index is 0.0100. The molecule has 0 aromatic carbocycles. The summed E-state index contributed by atoms with van der Waals surface area (Å²) in [6.07, 6.45) is 2.30. The number of carbonyl (C=O) groups is 2. The molecule has 2 N–H and O–H groups in total. The van der Waals surface area contributed by atoms with Crippen LogP contribution < -0.4 is 10.6 Å². The zero-order chi connectivity index (χ0) is 14.7. The van der Waals surface area contributed by atoms with E-state index < -0.39 is 5.91 Å². The fraction of sp³-hybridized carbons (Fsp3) is 0.615. The molecule has 6 heteroatoms. The van der Waals surface area contributed by atoms with Crippen LogP contribution in [0.5, 0.6) is 0 Å². The predicted octanol–water partition coefficient (Wildman–Crippen LogP) is 0.851. The van der Waals surface area contributed by atoms with Crippen LogP contribution in [0.25, 0.3) is 0 Å². The zero-order valence-corrected chi connectivity index (χ0v) is 11.7. The van der Waals surface area contributed by atoms with Crippen molar-refractivity contribution in [1.82, 2.24) is 10.6 Å². The predicted molar refractivity (Wildman–Crippen MR) is 70.8 cm³/mol. The molecule has 1 unspecified atom stereocenters. The highest BCUT2D eigenvalue weighted by Crippen LogP contribution is 1.95. The molecule has 0 rings (SSSR count). The molecule has 0 aliphatic rings. The summed E-state index contributed by atoms with van der Waals surface area (Å²) in [4.78, 5) is 22.7. The Morgan fingerprint density at radius 3 is 2.63 bits per heavy atom. The molecule has 0 saturated heterocycles. The summed E-state index contributed by atoms with van der Waals surface area (Å²) in [7, 11) is 0. The number of esters is 1. The molecule has 1 amide bonds. The maximum absolute atomic E-state index is 11.6. The van der Waals surface area contributed by atoms with Crippen LogP contribution >= 0.6 is 0 Å². The van der Waals surface area contributed by atoms with Crippen LogP contribution in [0.3, 0.4) is 0 Å². The smallest absolute Gasteiger partial charge is 0.307 e. The summed E-state index contributed by atoms with van der Waals surface area (Å²) in [5.41, 5.74) is -0.0100. The minimum Gasteiger partial charge on any atom is -0.466 e. The van der Waals surface area contributed by atoms with Gasteiger partial charge in [-0.25, -0.2) is 0 Å². The fourth-order valence-corrected chi connectivity index (χ4v) is 1.13. The number of rotatable bonds is 8. The number of amides is 1.